The highest BCUT2D eigenvalue weighted by atomic mass is 32.1. The fraction of sp³-hybridized carbons (Fsp3) is 0.316. The van der Waals surface area contributed by atoms with E-state index in [4.69, 9.17) is 4.74 Å². The molecule has 0 saturated heterocycles. The Kier molecular flexibility index (Phi) is 4.82. The molecule has 0 spiro atoms. The second-order valence-electron chi connectivity index (χ2n) is 5.61. The van der Waals surface area contributed by atoms with Crippen molar-refractivity contribution in [3.63, 3.8) is 0 Å². The number of hydrogen-bond acceptors (Lipinski definition) is 3. The number of ether oxygens (including phenoxy) is 1. The zero-order valence-electron chi connectivity index (χ0n) is 13.5. The summed E-state index contributed by atoms with van der Waals surface area (Å²) in [7, 11) is 1.64. The van der Waals surface area contributed by atoms with Crippen molar-refractivity contribution in [1.82, 2.24) is 4.90 Å². The van der Waals surface area contributed by atoms with Crippen molar-refractivity contribution in [1.29, 1.82) is 0 Å². The van der Waals surface area contributed by atoms with Gasteiger partial charge in [-0.25, -0.2) is 0 Å². The van der Waals surface area contributed by atoms with Gasteiger partial charge in [-0.1, -0.05) is 19.1 Å². The summed E-state index contributed by atoms with van der Waals surface area (Å²) in [6.07, 6.45) is 5.44. The summed E-state index contributed by atoms with van der Waals surface area (Å²) in [5.41, 5.74) is 2.30. The van der Waals surface area contributed by atoms with Crippen molar-refractivity contribution >= 4 is 23.3 Å². The average molecular weight is 327 g/mol. The van der Waals surface area contributed by atoms with Gasteiger partial charge in [-0.05, 0) is 53.6 Å². The second kappa shape index (κ2) is 7.01. The topological polar surface area (TPSA) is 29.5 Å². The standard InChI is InChI=1S/C19H21NO2S/c1-3-17-16-10-12-23-18(16)9-11-20(17)19(21)8-7-14-5-4-6-15(13-14)22-2/h4-8,10,12-13,17H,3,9,11H2,1-2H3. The van der Waals surface area contributed by atoms with Gasteiger partial charge in [0.1, 0.15) is 5.75 Å². The Morgan fingerprint density at radius 2 is 2.30 bits per heavy atom. The lowest BCUT2D eigenvalue weighted by Gasteiger charge is -2.34. The van der Waals surface area contributed by atoms with Gasteiger partial charge in [-0.3, -0.25) is 4.79 Å². The Morgan fingerprint density at radius 3 is 3.09 bits per heavy atom. The van der Waals surface area contributed by atoms with Crippen LogP contribution in [0.3, 0.4) is 0 Å². The molecule has 0 saturated carbocycles. The highest BCUT2D eigenvalue weighted by Gasteiger charge is 2.29. The molecule has 3 rings (SSSR count). The number of methoxy groups -OCH3 is 1. The summed E-state index contributed by atoms with van der Waals surface area (Å²) in [5.74, 6) is 0.878. The van der Waals surface area contributed by atoms with E-state index in [9.17, 15) is 4.79 Å². The predicted molar refractivity (Wildman–Crippen MR) is 94.8 cm³/mol. The molecule has 2 heterocycles. The average Bonchev–Trinajstić information content (AvgIpc) is 3.07. The Balaban J connectivity index is 1.76. The van der Waals surface area contributed by atoms with E-state index in [1.54, 1.807) is 24.5 Å². The van der Waals surface area contributed by atoms with Crippen LogP contribution in [0, 0.1) is 0 Å². The zero-order chi connectivity index (χ0) is 16.2. The number of benzene rings is 1. The molecule has 1 aromatic heterocycles. The lowest BCUT2D eigenvalue weighted by Crippen LogP contribution is -2.38. The summed E-state index contributed by atoms with van der Waals surface area (Å²) in [5, 5.41) is 2.13. The molecule has 120 valence electrons. The maximum atomic E-state index is 12.6. The maximum Gasteiger partial charge on any atom is 0.247 e. The highest BCUT2D eigenvalue weighted by molar-refractivity contribution is 7.10. The minimum absolute atomic E-state index is 0.0801. The second-order valence-corrected chi connectivity index (χ2v) is 6.62. The SMILES string of the molecule is CCC1c2ccsc2CCN1C(=O)C=Cc1cccc(OC)c1. The number of thiophene rings is 1. The van der Waals surface area contributed by atoms with E-state index in [-0.39, 0.29) is 11.9 Å². The van der Waals surface area contributed by atoms with Crippen LogP contribution in [0.2, 0.25) is 0 Å². The van der Waals surface area contributed by atoms with Crippen LogP contribution >= 0.6 is 11.3 Å². The molecule has 3 nitrogen and oxygen atoms in total. The first-order valence-electron chi connectivity index (χ1n) is 7.92. The molecule has 1 aliphatic heterocycles. The van der Waals surface area contributed by atoms with Crippen molar-refractivity contribution in [3.8, 4) is 5.75 Å². The normalized spacial score (nSPS) is 17.3. The maximum absolute atomic E-state index is 12.6. The van der Waals surface area contributed by atoms with Gasteiger partial charge in [0.2, 0.25) is 5.91 Å². The van der Waals surface area contributed by atoms with Crippen molar-refractivity contribution in [2.45, 2.75) is 25.8 Å². The van der Waals surface area contributed by atoms with Crippen LogP contribution in [-0.4, -0.2) is 24.5 Å². The van der Waals surface area contributed by atoms with Crippen LogP contribution in [0.1, 0.15) is 35.4 Å². The van der Waals surface area contributed by atoms with Gasteiger partial charge in [0, 0.05) is 17.5 Å². The third-order valence-electron chi connectivity index (χ3n) is 4.28. The molecule has 1 aromatic carbocycles. The van der Waals surface area contributed by atoms with E-state index in [2.05, 4.69) is 18.4 Å². The van der Waals surface area contributed by atoms with Crippen molar-refractivity contribution in [2.24, 2.45) is 0 Å². The van der Waals surface area contributed by atoms with Gasteiger partial charge in [0.15, 0.2) is 0 Å². The quantitative estimate of drug-likeness (QED) is 0.783. The number of rotatable bonds is 4. The minimum atomic E-state index is 0.0801. The number of fused-ring (bicyclic) bond motifs is 1. The number of nitrogens with zero attached hydrogens (tertiary/aromatic N) is 1. The molecular formula is C19H21NO2S. The van der Waals surface area contributed by atoms with E-state index in [0.717, 1.165) is 30.7 Å². The molecule has 23 heavy (non-hydrogen) atoms. The van der Waals surface area contributed by atoms with Gasteiger partial charge in [0.05, 0.1) is 13.2 Å². The van der Waals surface area contributed by atoms with Crippen LogP contribution in [-0.2, 0) is 11.2 Å². The lowest BCUT2D eigenvalue weighted by molar-refractivity contribution is -0.128. The van der Waals surface area contributed by atoms with E-state index < -0.39 is 0 Å². The Hall–Kier alpha value is -2.07. The zero-order valence-corrected chi connectivity index (χ0v) is 14.3. The van der Waals surface area contributed by atoms with Crippen LogP contribution in [0.5, 0.6) is 5.75 Å². The van der Waals surface area contributed by atoms with Gasteiger partial charge >= 0.3 is 0 Å². The van der Waals surface area contributed by atoms with Crippen LogP contribution < -0.4 is 4.74 Å². The van der Waals surface area contributed by atoms with Crippen molar-refractivity contribution in [2.75, 3.05) is 13.7 Å². The lowest BCUT2D eigenvalue weighted by atomic mass is 9.97. The van der Waals surface area contributed by atoms with E-state index in [1.807, 2.05) is 35.2 Å². The summed E-state index contributed by atoms with van der Waals surface area (Å²) < 4.78 is 5.21. The fourth-order valence-corrected chi connectivity index (χ4v) is 4.04. The molecule has 4 heteroatoms. The molecule has 2 aromatic rings. The number of amides is 1. The summed E-state index contributed by atoms with van der Waals surface area (Å²) in [6.45, 7) is 2.94. The predicted octanol–water partition coefficient (Wildman–Crippen LogP) is 4.31. The van der Waals surface area contributed by atoms with E-state index in [1.165, 1.54) is 10.4 Å². The largest absolute Gasteiger partial charge is 0.497 e. The van der Waals surface area contributed by atoms with E-state index in [0.29, 0.717) is 0 Å². The minimum Gasteiger partial charge on any atom is -0.497 e. The molecular weight excluding hydrogens is 306 g/mol. The summed E-state index contributed by atoms with van der Waals surface area (Å²) >= 11 is 1.80. The number of carbonyl (C=O) groups excluding carboxylic acids is 1. The molecule has 0 fully saturated rings. The molecule has 0 radical (unpaired) electrons. The summed E-state index contributed by atoms with van der Waals surface area (Å²) in [4.78, 5) is 16.1. The van der Waals surface area contributed by atoms with Gasteiger partial charge < -0.3 is 9.64 Å². The molecule has 1 amide bonds. The van der Waals surface area contributed by atoms with Crippen molar-refractivity contribution < 1.29 is 9.53 Å². The number of hydrogen-bond donors (Lipinski definition) is 0. The Labute approximate surface area is 141 Å². The monoisotopic (exact) mass is 327 g/mol. The van der Waals surface area contributed by atoms with Crippen LogP contribution in [0.25, 0.3) is 6.08 Å². The van der Waals surface area contributed by atoms with Crippen LogP contribution in [0.4, 0.5) is 0 Å². The van der Waals surface area contributed by atoms with Crippen LogP contribution in [0.15, 0.2) is 41.8 Å². The number of carbonyl (C=O) groups is 1. The van der Waals surface area contributed by atoms with E-state index >= 15 is 0 Å². The Bertz CT molecular complexity index is 720. The molecule has 0 N–H and O–H groups in total. The summed E-state index contributed by atoms with van der Waals surface area (Å²) in [6, 6.07) is 10.1. The van der Waals surface area contributed by atoms with Gasteiger partial charge in [0.25, 0.3) is 0 Å². The smallest absolute Gasteiger partial charge is 0.247 e. The molecule has 1 atom stereocenters. The fourth-order valence-electron chi connectivity index (χ4n) is 3.11. The first-order chi connectivity index (χ1) is 11.2. The molecule has 0 bridgehead atoms. The third-order valence-corrected chi connectivity index (χ3v) is 5.27. The molecule has 1 aliphatic rings. The van der Waals surface area contributed by atoms with Gasteiger partial charge in [-0.15, -0.1) is 11.3 Å². The molecule has 1 unspecified atom stereocenters. The molecule has 0 aliphatic carbocycles. The Morgan fingerprint density at radius 1 is 1.43 bits per heavy atom. The van der Waals surface area contributed by atoms with Gasteiger partial charge in [-0.2, -0.15) is 0 Å². The first kappa shape index (κ1) is 15.8. The van der Waals surface area contributed by atoms with Crippen molar-refractivity contribution in [3.05, 3.63) is 57.8 Å². The first-order valence-corrected chi connectivity index (χ1v) is 8.80. The third kappa shape index (κ3) is 3.32. The highest BCUT2D eigenvalue weighted by Crippen LogP contribution is 2.35.